The van der Waals surface area contributed by atoms with E-state index in [1.54, 1.807) is 14.2 Å². The van der Waals surface area contributed by atoms with Gasteiger partial charge in [0.05, 0.1) is 41.4 Å². The first-order chi connectivity index (χ1) is 19.2. The van der Waals surface area contributed by atoms with E-state index >= 15 is 0 Å². The second kappa shape index (κ2) is 11.5. The zero-order valence-corrected chi connectivity index (χ0v) is 22.9. The lowest BCUT2D eigenvalue weighted by Crippen LogP contribution is -2.35. The van der Waals surface area contributed by atoms with Gasteiger partial charge < -0.3 is 19.1 Å². The third-order valence-electron chi connectivity index (χ3n) is 8.34. The summed E-state index contributed by atoms with van der Waals surface area (Å²) in [6.07, 6.45) is 10.3. The van der Waals surface area contributed by atoms with Crippen LogP contribution < -0.4 is 4.90 Å². The molecular weight excluding hydrogens is 494 g/mol. The van der Waals surface area contributed by atoms with Crippen LogP contribution in [0.2, 0.25) is 0 Å². The van der Waals surface area contributed by atoms with Crippen molar-refractivity contribution in [1.29, 1.82) is 0 Å². The summed E-state index contributed by atoms with van der Waals surface area (Å²) in [7, 11) is 3.31. The van der Waals surface area contributed by atoms with Crippen LogP contribution >= 0.6 is 0 Å². The zero-order chi connectivity index (χ0) is 26.8. The predicted molar refractivity (Wildman–Crippen MR) is 150 cm³/mol. The Bertz CT molecular complexity index is 1370. The number of methoxy groups -OCH3 is 2. The molecule has 0 unspecified atom stereocenters. The van der Waals surface area contributed by atoms with E-state index in [-0.39, 0.29) is 12.4 Å². The van der Waals surface area contributed by atoms with E-state index in [2.05, 4.69) is 22.0 Å². The molecule has 9 heteroatoms. The molecule has 6 rings (SSSR count). The Morgan fingerprint density at radius 1 is 1.13 bits per heavy atom. The second-order valence-corrected chi connectivity index (χ2v) is 10.8. The molecular formula is C30H37N5O4. The molecule has 0 radical (unpaired) electrons. The molecule has 1 aliphatic carbocycles. The van der Waals surface area contributed by atoms with Gasteiger partial charge in [-0.15, -0.1) is 0 Å². The lowest BCUT2D eigenvalue weighted by molar-refractivity contribution is 0.0843. The normalized spacial score (nSPS) is 18.8. The molecule has 0 N–H and O–H groups in total. The predicted octanol–water partition coefficient (Wildman–Crippen LogP) is 4.58. The Balaban J connectivity index is 1.50. The number of Topliss-reactive ketones (excluding diaryl/α,β-unsaturated/α-hetero) is 1. The van der Waals surface area contributed by atoms with Crippen LogP contribution in [-0.4, -0.2) is 79.3 Å². The fourth-order valence-electron chi connectivity index (χ4n) is 5.93. The van der Waals surface area contributed by atoms with Gasteiger partial charge in [0.2, 0.25) is 5.78 Å². The number of ketones is 1. The van der Waals surface area contributed by atoms with Crippen molar-refractivity contribution in [2.24, 2.45) is 5.92 Å². The standard InChI is InChI=1S/C30H37N5O4/c1-37-18-20-7-12-34(13-8-20)26-17-25(27(36)19-38-2)32-30-28(26)29(22-4-3-5-22)33-35(30)23-6-11-31-24(16-23)21-9-14-39-15-10-21/h6,9,11,16-17,20,22H,3-5,7-8,10,12-15,18-19H2,1-2H3. The van der Waals surface area contributed by atoms with Gasteiger partial charge in [-0.25, -0.2) is 9.67 Å². The number of carbonyl (C=O) groups excluding carboxylic acids is 1. The van der Waals surface area contributed by atoms with Crippen LogP contribution in [0.25, 0.3) is 22.3 Å². The number of ether oxygens (including phenoxy) is 3. The molecule has 0 atom stereocenters. The molecule has 0 aromatic carbocycles. The number of pyridine rings is 2. The molecule has 2 fully saturated rings. The van der Waals surface area contributed by atoms with Crippen molar-refractivity contribution in [1.82, 2.24) is 19.7 Å². The van der Waals surface area contributed by atoms with E-state index in [0.29, 0.717) is 30.7 Å². The maximum absolute atomic E-state index is 13.1. The Hall–Kier alpha value is -3.14. The quantitative estimate of drug-likeness (QED) is 0.371. The molecule has 0 spiro atoms. The van der Waals surface area contributed by atoms with Crippen molar-refractivity contribution in [2.45, 2.75) is 44.4 Å². The average molecular weight is 532 g/mol. The molecule has 5 heterocycles. The van der Waals surface area contributed by atoms with E-state index in [1.165, 1.54) is 12.0 Å². The molecule has 3 aromatic heterocycles. The number of rotatable bonds is 9. The number of fused-ring (bicyclic) bond motifs is 1. The van der Waals surface area contributed by atoms with Crippen LogP contribution in [0.5, 0.6) is 0 Å². The van der Waals surface area contributed by atoms with Crippen LogP contribution in [0.4, 0.5) is 5.69 Å². The molecule has 0 amide bonds. The third-order valence-corrected chi connectivity index (χ3v) is 8.34. The van der Waals surface area contributed by atoms with E-state index in [4.69, 9.17) is 24.3 Å². The SMILES string of the molecule is COCC(=O)c1cc(N2CCC(COC)CC2)c2c(C3CCC3)nn(-c3ccnc(C4=CCOCC4)c3)c2n1. The Morgan fingerprint density at radius 2 is 1.97 bits per heavy atom. The van der Waals surface area contributed by atoms with Crippen molar-refractivity contribution in [3.05, 3.63) is 47.6 Å². The van der Waals surface area contributed by atoms with Crippen LogP contribution in [-0.2, 0) is 14.2 Å². The molecule has 39 heavy (non-hydrogen) atoms. The topological polar surface area (TPSA) is 91.6 Å². The smallest absolute Gasteiger partial charge is 0.206 e. The first kappa shape index (κ1) is 26.1. The summed E-state index contributed by atoms with van der Waals surface area (Å²) in [6.45, 7) is 3.91. The number of hydrogen-bond acceptors (Lipinski definition) is 8. The maximum atomic E-state index is 13.1. The van der Waals surface area contributed by atoms with Crippen molar-refractivity contribution >= 4 is 28.1 Å². The van der Waals surface area contributed by atoms with Gasteiger partial charge in [0, 0.05) is 46.0 Å². The largest absolute Gasteiger partial charge is 0.384 e. The first-order valence-corrected chi connectivity index (χ1v) is 14.1. The van der Waals surface area contributed by atoms with Crippen LogP contribution in [0, 0.1) is 5.92 Å². The first-order valence-electron chi connectivity index (χ1n) is 14.1. The van der Waals surface area contributed by atoms with Crippen molar-refractivity contribution in [2.75, 3.05) is 58.6 Å². The van der Waals surface area contributed by atoms with Gasteiger partial charge in [-0.2, -0.15) is 5.10 Å². The van der Waals surface area contributed by atoms with Crippen molar-refractivity contribution < 1.29 is 19.0 Å². The van der Waals surface area contributed by atoms with Gasteiger partial charge in [0.15, 0.2) is 5.65 Å². The number of carbonyl (C=O) groups is 1. The minimum Gasteiger partial charge on any atom is -0.384 e. The highest BCUT2D eigenvalue weighted by Gasteiger charge is 2.31. The third kappa shape index (κ3) is 5.23. The van der Waals surface area contributed by atoms with Gasteiger partial charge in [-0.3, -0.25) is 9.78 Å². The molecule has 1 saturated heterocycles. The fourth-order valence-corrected chi connectivity index (χ4v) is 5.93. The summed E-state index contributed by atoms with van der Waals surface area (Å²) in [6, 6.07) is 6.02. The summed E-state index contributed by atoms with van der Waals surface area (Å²) in [5, 5.41) is 6.28. The fraction of sp³-hybridized carbons (Fsp3) is 0.533. The molecule has 1 saturated carbocycles. The summed E-state index contributed by atoms with van der Waals surface area (Å²) in [5.74, 6) is 0.831. The molecule has 3 aromatic rings. The van der Waals surface area contributed by atoms with Gasteiger partial charge in [0.25, 0.3) is 0 Å². The van der Waals surface area contributed by atoms with Gasteiger partial charge in [0.1, 0.15) is 12.3 Å². The van der Waals surface area contributed by atoms with E-state index in [1.807, 2.05) is 23.0 Å². The molecule has 2 aliphatic heterocycles. The zero-order valence-electron chi connectivity index (χ0n) is 22.9. The van der Waals surface area contributed by atoms with Crippen LogP contribution in [0.15, 0.2) is 30.5 Å². The maximum Gasteiger partial charge on any atom is 0.206 e. The minimum atomic E-state index is -0.129. The Labute approximate surface area is 229 Å². The summed E-state index contributed by atoms with van der Waals surface area (Å²) in [4.78, 5) is 25.1. The second-order valence-electron chi connectivity index (χ2n) is 10.8. The highest BCUT2D eigenvalue weighted by atomic mass is 16.5. The van der Waals surface area contributed by atoms with Crippen molar-refractivity contribution in [3.8, 4) is 5.69 Å². The Kier molecular flexibility index (Phi) is 7.72. The minimum absolute atomic E-state index is 0.00684. The van der Waals surface area contributed by atoms with Crippen LogP contribution in [0.3, 0.4) is 0 Å². The van der Waals surface area contributed by atoms with E-state index in [9.17, 15) is 4.79 Å². The van der Waals surface area contributed by atoms with E-state index < -0.39 is 0 Å². The number of piperidine rings is 1. The molecule has 0 bridgehead atoms. The van der Waals surface area contributed by atoms with Gasteiger partial charge in [-0.1, -0.05) is 12.5 Å². The van der Waals surface area contributed by atoms with Gasteiger partial charge >= 0.3 is 0 Å². The molecule has 3 aliphatic rings. The number of anilines is 1. The monoisotopic (exact) mass is 531 g/mol. The lowest BCUT2D eigenvalue weighted by Gasteiger charge is -2.34. The van der Waals surface area contributed by atoms with Gasteiger partial charge in [-0.05, 0) is 61.8 Å². The molecule has 206 valence electrons. The van der Waals surface area contributed by atoms with E-state index in [0.717, 1.165) is 85.6 Å². The summed E-state index contributed by atoms with van der Waals surface area (Å²) < 4.78 is 18.1. The molecule has 9 nitrogen and oxygen atoms in total. The Morgan fingerprint density at radius 3 is 2.67 bits per heavy atom. The van der Waals surface area contributed by atoms with Crippen molar-refractivity contribution in [3.63, 3.8) is 0 Å². The number of aromatic nitrogens is 4. The summed E-state index contributed by atoms with van der Waals surface area (Å²) in [5.41, 5.74) is 6.31. The number of nitrogens with zero attached hydrogens (tertiary/aromatic N) is 5. The average Bonchev–Trinajstić information content (AvgIpc) is 3.32. The number of hydrogen-bond donors (Lipinski definition) is 0. The highest BCUT2D eigenvalue weighted by Crippen LogP contribution is 2.43. The lowest BCUT2D eigenvalue weighted by atomic mass is 9.81. The van der Waals surface area contributed by atoms with Crippen LogP contribution in [0.1, 0.15) is 66.3 Å². The highest BCUT2D eigenvalue weighted by molar-refractivity contribution is 6.02. The summed E-state index contributed by atoms with van der Waals surface area (Å²) >= 11 is 0.